The van der Waals surface area contributed by atoms with E-state index >= 15 is 0 Å². The number of allylic oxidation sites excluding steroid dienone is 1. The third-order valence-corrected chi connectivity index (χ3v) is 4.81. The molecule has 19 heavy (non-hydrogen) atoms. The van der Waals surface area contributed by atoms with Gasteiger partial charge in [0, 0.05) is 18.8 Å². The fraction of sp³-hybridized carbons (Fsp3) is 0.529. The molecule has 2 heteroatoms. The predicted molar refractivity (Wildman–Crippen MR) is 77.1 cm³/mol. The van der Waals surface area contributed by atoms with Gasteiger partial charge in [-0.3, -0.25) is 0 Å². The Kier molecular flexibility index (Phi) is 2.57. The molecular weight excluding hydrogens is 234 g/mol. The normalized spacial score (nSPS) is 21.4. The number of aryl methyl sites for hydroxylation is 1. The van der Waals surface area contributed by atoms with Crippen molar-refractivity contribution in [3.05, 3.63) is 35.0 Å². The molecule has 100 valence electrons. The van der Waals surface area contributed by atoms with Crippen LogP contribution in [0.15, 0.2) is 23.9 Å². The monoisotopic (exact) mass is 255 g/mol. The number of nitrogens with zero attached hydrogens (tertiary/aromatic N) is 1. The highest BCUT2D eigenvalue weighted by Gasteiger charge is 2.32. The third-order valence-electron chi connectivity index (χ3n) is 4.81. The van der Waals surface area contributed by atoms with Crippen LogP contribution in [0.2, 0.25) is 0 Å². The first-order valence-electron chi connectivity index (χ1n) is 7.49. The van der Waals surface area contributed by atoms with E-state index in [1.165, 1.54) is 56.3 Å². The summed E-state index contributed by atoms with van der Waals surface area (Å²) in [6.07, 6.45) is 6.55. The lowest BCUT2D eigenvalue weighted by molar-refractivity contribution is 0.348. The first-order valence-corrected chi connectivity index (χ1v) is 7.49. The molecule has 0 aromatic heterocycles. The molecule has 1 aromatic carbocycles. The maximum atomic E-state index is 5.39. The van der Waals surface area contributed by atoms with Gasteiger partial charge in [-0.15, -0.1) is 0 Å². The summed E-state index contributed by atoms with van der Waals surface area (Å²) in [5.74, 6) is 1.98. The number of hydrogen-bond acceptors (Lipinski definition) is 2. The van der Waals surface area contributed by atoms with E-state index in [0.29, 0.717) is 0 Å². The maximum absolute atomic E-state index is 5.39. The van der Waals surface area contributed by atoms with Crippen LogP contribution in [-0.2, 0) is 6.42 Å². The van der Waals surface area contributed by atoms with Gasteiger partial charge in [-0.2, -0.15) is 0 Å². The van der Waals surface area contributed by atoms with Crippen LogP contribution in [-0.4, -0.2) is 25.1 Å². The van der Waals surface area contributed by atoms with Crippen LogP contribution in [0.25, 0.3) is 5.57 Å². The molecule has 1 aliphatic heterocycles. The minimum absolute atomic E-state index is 0.985. The Labute approximate surface area is 115 Å². The van der Waals surface area contributed by atoms with E-state index in [-0.39, 0.29) is 0 Å². The van der Waals surface area contributed by atoms with Crippen LogP contribution in [0.3, 0.4) is 0 Å². The Morgan fingerprint density at radius 2 is 2.11 bits per heavy atom. The molecule has 0 bridgehead atoms. The van der Waals surface area contributed by atoms with Gasteiger partial charge in [-0.25, -0.2) is 0 Å². The molecule has 1 fully saturated rings. The molecule has 3 aliphatic rings. The largest absolute Gasteiger partial charge is 0.497 e. The van der Waals surface area contributed by atoms with Gasteiger partial charge in [0.05, 0.1) is 7.11 Å². The van der Waals surface area contributed by atoms with Gasteiger partial charge in [0.25, 0.3) is 0 Å². The number of fused-ring (bicyclic) bond motifs is 2. The van der Waals surface area contributed by atoms with Crippen LogP contribution in [0.4, 0.5) is 0 Å². The van der Waals surface area contributed by atoms with Crippen molar-refractivity contribution < 1.29 is 4.74 Å². The molecule has 0 N–H and O–H groups in total. The number of ether oxygens (including phenoxy) is 1. The van der Waals surface area contributed by atoms with Gasteiger partial charge in [-0.1, -0.05) is 6.07 Å². The highest BCUT2D eigenvalue weighted by Crippen LogP contribution is 2.42. The van der Waals surface area contributed by atoms with E-state index in [1.54, 1.807) is 18.4 Å². The zero-order chi connectivity index (χ0) is 12.8. The maximum Gasteiger partial charge on any atom is 0.119 e. The van der Waals surface area contributed by atoms with Crippen LogP contribution in [0.5, 0.6) is 5.75 Å². The van der Waals surface area contributed by atoms with Gasteiger partial charge in [0.1, 0.15) is 5.75 Å². The molecule has 0 unspecified atom stereocenters. The highest BCUT2D eigenvalue weighted by atomic mass is 16.5. The second-order valence-electron chi connectivity index (χ2n) is 6.09. The lowest BCUT2D eigenvalue weighted by Gasteiger charge is -2.26. The summed E-state index contributed by atoms with van der Waals surface area (Å²) in [7, 11) is 1.76. The van der Waals surface area contributed by atoms with Gasteiger partial charge in [-0.05, 0) is 66.9 Å². The fourth-order valence-corrected chi connectivity index (χ4v) is 3.56. The van der Waals surface area contributed by atoms with E-state index in [4.69, 9.17) is 4.74 Å². The second-order valence-corrected chi connectivity index (χ2v) is 6.09. The molecule has 0 spiro atoms. The first-order chi connectivity index (χ1) is 9.35. The zero-order valence-corrected chi connectivity index (χ0v) is 11.6. The topological polar surface area (TPSA) is 12.5 Å². The van der Waals surface area contributed by atoms with Crippen molar-refractivity contribution in [3.8, 4) is 5.75 Å². The average Bonchev–Trinajstić information content (AvgIpc) is 3.17. The Morgan fingerprint density at radius 1 is 1.21 bits per heavy atom. The molecule has 1 aromatic rings. The van der Waals surface area contributed by atoms with Gasteiger partial charge in [0.2, 0.25) is 0 Å². The minimum atomic E-state index is 0.985. The fourth-order valence-electron chi connectivity index (χ4n) is 3.56. The molecule has 0 amide bonds. The summed E-state index contributed by atoms with van der Waals surface area (Å²) in [6, 6.07) is 6.59. The molecule has 4 rings (SSSR count). The van der Waals surface area contributed by atoms with Crippen LogP contribution in [0, 0.1) is 5.92 Å². The van der Waals surface area contributed by atoms with Crippen molar-refractivity contribution in [1.82, 2.24) is 4.90 Å². The zero-order valence-electron chi connectivity index (χ0n) is 11.6. The predicted octanol–water partition coefficient (Wildman–Crippen LogP) is 3.47. The Morgan fingerprint density at radius 3 is 2.89 bits per heavy atom. The second kappa shape index (κ2) is 4.29. The highest BCUT2D eigenvalue weighted by molar-refractivity contribution is 5.75. The quantitative estimate of drug-likeness (QED) is 0.820. The third kappa shape index (κ3) is 1.94. The van der Waals surface area contributed by atoms with E-state index in [0.717, 1.165) is 11.7 Å². The van der Waals surface area contributed by atoms with Crippen molar-refractivity contribution in [2.75, 3.05) is 20.2 Å². The summed E-state index contributed by atoms with van der Waals surface area (Å²) in [5.41, 5.74) is 6.19. The summed E-state index contributed by atoms with van der Waals surface area (Å²) in [6.45, 7) is 2.54. The van der Waals surface area contributed by atoms with E-state index in [2.05, 4.69) is 23.1 Å². The summed E-state index contributed by atoms with van der Waals surface area (Å²) >= 11 is 0. The minimum Gasteiger partial charge on any atom is -0.497 e. The van der Waals surface area contributed by atoms with E-state index in [9.17, 15) is 0 Å². The number of rotatable bonds is 3. The molecule has 1 saturated carbocycles. The molecule has 0 atom stereocenters. The lowest BCUT2D eigenvalue weighted by atomic mass is 9.88. The van der Waals surface area contributed by atoms with E-state index in [1.807, 2.05) is 0 Å². The van der Waals surface area contributed by atoms with Gasteiger partial charge in [0.15, 0.2) is 0 Å². The Bertz CT molecular complexity index is 542. The SMILES string of the molecule is COc1ccc2c(c1)C1=C(CC2)N(CC2CC2)CC1. The van der Waals surface area contributed by atoms with Crippen molar-refractivity contribution >= 4 is 5.57 Å². The number of benzene rings is 1. The number of hydrogen-bond donors (Lipinski definition) is 0. The van der Waals surface area contributed by atoms with Crippen LogP contribution < -0.4 is 4.74 Å². The smallest absolute Gasteiger partial charge is 0.119 e. The molecule has 2 aliphatic carbocycles. The van der Waals surface area contributed by atoms with Gasteiger partial charge >= 0.3 is 0 Å². The average molecular weight is 255 g/mol. The van der Waals surface area contributed by atoms with Crippen LogP contribution >= 0.6 is 0 Å². The van der Waals surface area contributed by atoms with Crippen molar-refractivity contribution in [1.29, 1.82) is 0 Å². The van der Waals surface area contributed by atoms with Gasteiger partial charge < -0.3 is 9.64 Å². The molecule has 0 radical (unpaired) electrons. The Hall–Kier alpha value is -1.44. The first kappa shape index (κ1) is 11.4. The van der Waals surface area contributed by atoms with Crippen molar-refractivity contribution in [3.63, 3.8) is 0 Å². The molecule has 1 heterocycles. The number of methoxy groups -OCH3 is 1. The molecule has 0 saturated heterocycles. The lowest BCUT2D eigenvalue weighted by Crippen LogP contribution is -2.23. The molecule has 2 nitrogen and oxygen atoms in total. The van der Waals surface area contributed by atoms with Crippen LogP contribution in [0.1, 0.15) is 36.8 Å². The summed E-state index contributed by atoms with van der Waals surface area (Å²) in [4.78, 5) is 2.66. The van der Waals surface area contributed by atoms with Crippen molar-refractivity contribution in [2.45, 2.75) is 32.1 Å². The summed E-state index contributed by atoms with van der Waals surface area (Å²) < 4.78 is 5.39. The van der Waals surface area contributed by atoms with E-state index < -0.39 is 0 Å². The standard InChI is InChI=1S/C17H21NO/c1-19-14-6-4-13-5-7-17-15(16(13)10-14)8-9-18(17)11-12-2-3-12/h4,6,10,12H,2-3,5,7-9,11H2,1H3. The Balaban J connectivity index is 1.69. The van der Waals surface area contributed by atoms with Crippen molar-refractivity contribution in [2.24, 2.45) is 5.92 Å². The summed E-state index contributed by atoms with van der Waals surface area (Å²) in [5, 5.41) is 0. The molecular formula is C17H21NO.